The van der Waals surface area contributed by atoms with Gasteiger partial charge >= 0.3 is 0 Å². The molecule has 0 radical (unpaired) electrons. The Labute approximate surface area is 246 Å². The van der Waals surface area contributed by atoms with Crippen LogP contribution in [0.3, 0.4) is 0 Å². The summed E-state index contributed by atoms with van der Waals surface area (Å²) in [5.41, 5.74) is 3.95. The van der Waals surface area contributed by atoms with Crippen LogP contribution in [0.5, 0.6) is 5.75 Å². The first-order valence-electron chi connectivity index (χ1n) is 14.8. The average molecular weight is 564 g/mol. The van der Waals surface area contributed by atoms with Crippen molar-refractivity contribution in [3.63, 3.8) is 0 Å². The maximum absolute atomic E-state index is 13.4. The number of fused-ring (bicyclic) bond motifs is 1. The molecule has 2 fully saturated rings. The third kappa shape index (κ3) is 5.55. The summed E-state index contributed by atoms with van der Waals surface area (Å²) in [5.74, 6) is 1.74. The van der Waals surface area contributed by atoms with Gasteiger partial charge in [0.05, 0.1) is 36.1 Å². The molecule has 3 aromatic heterocycles. The minimum atomic E-state index is -0.292. The highest BCUT2D eigenvalue weighted by Crippen LogP contribution is 2.33. The molecule has 4 aromatic rings. The highest BCUT2D eigenvalue weighted by atomic mass is 16.5. The molecule has 0 bridgehead atoms. The van der Waals surface area contributed by atoms with Crippen molar-refractivity contribution >= 4 is 17.2 Å². The number of piperidine rings is 1. The summed E-state index contributed by atoms with van der Waals surface area (Å²) in [6.07, 6.45) is 9.71. The van der Waals surface area contributed by atoms with Gasteiger partial charge in [-0.05, 0) is 76.4 Å². The Kier molecular flexibility index (Phi) is 7.81. The first kappa shape index (κ1) is 27.7. The first-order valence-corrected chi connectivity index (χ1v) is 14.8. The summed E-state index contributed by atoms with van der Waals surface area (Å²) in [6.45, 7) is 5.04. The van der Waals surface area contributed by atoms with Crippen LogP contribution in [0.4, 0.5) is 5.82 Å². The third-order valence-corrected chi connectivity index (χ3v) is 8.72. The van der Waals surface area contributed by atoms with Gasteiger partial charge in [-0.15, -0.1) is 0 Å². The Morgan fingerprint density at radius 1 is 1.14 bits per heavy atom. The monoisotopic (exact) mass is 563 g/mol. The first-order chi connectivity index (χ1) is 20.5. The Morgan fingerprint density at radius 2 is 1.95 bits per heavy atom. The fourth-order valence-electron chi connectivity index (χ4n) is 6.46. The molecule has 0 spiro atoms. The average Bonchev–Trinajstić information content (AvgIpc) is 3.64. The fraction of sp³-hybridized carbons (Fsp3) is 0.394. The van der Waals surface area contributed by atoms with Crippen LogP contribution < -0.4 is 15.0 Å². The van der Waals surface area contributed by atoms with Crippen molar-refractivity contribution in [2.24, 2.45) is 0 Å². The highest BCUT2D eigenvalue weighted by Gasteiger charge is 2.39. The summed E-state index contributed by atoms with van der Waals surface area (Å²) in [4.78, 5) is 22.7. The number of rotatable bonds is 8. The summed E-state index contributed by atoms with van der Waals surface area (Å²) < 4.78 is 7.46. The predicted octanol–water partition coefficient (Wildman–Crippen LogP) is 4.46. The van der Waals surface area contributed by atoms with E-state index in [-0.39, 0.29) is 17.5 Å². The lowest BCUT2D eigenvalue weighted by molar-refractivity contribution is -0.127. The largest absolute Gasteiger partial charge is 0.492 e. The third-order valence-electron chi connectivity index (χ3n) is 8.72. The molecule has 1 N–H and O–H groups in total. The highest BCUT2D eigenvalue weighted by molar-refractivity contribution is 5.85. The van der Waals surface area contributed by atoms with Gasteiger partial charge in [0.1, 0.15) is 17.6 Å². The van der Waals surface area contributed by atoms with E-state index in [2.05, 4.69) is 50.5 Å². The predicted molar refractivity (Wildman–Crippen MR) is 162 cm³/mol. The smallest absolute Gasteiger partial charge is 0.237 e. The van der Waals surface area contributed by atoms with Crippen LogP contribution >= 0.6 is 0 Å². The normalized spacial score (nSPS) is 18.6. The number of aromatic nitrogens is 3. The molecule has 1 atom stereocenters. The number of nitrogens with one attached hydrogen (secondary N) is 1. The number of likely N-dealkylation sites (N-methyl/N-ethyl adjacent to an activating group) is 1. The molecule has 2 saturated heterocycles. The number of hydrogen-bond acceptors (Lipinski definition) is 7. The molecule has 9 heteroatoms. The molecule has 216 valence electrons. The number of anilines is 1. The molecule has 1 aromatic carbocycles. The summed E-state index contributed by atoms with van der Waals surface area (Å²) in [5, 5.41) is 17.5. The van der Waals surface area contributed by atoms with E-state index in [4.69, 9.17) is 9.72 Å². The van der Waals surface area contributed by atoms with Crippen molar-refractivity contribution in [3.05, 3.63) is 78.2 Å². The second kappa shape index (κ2) is 11.8. The van der Waals surface area contributed by atoms with Crippen LogP contribution in [-0.2, 0) is 11.2 Å². The SMILES string of the molecule is CCOc1cc(-c2ccc(N3CCC(Cc4ccccc4)(NC(=O)C4CCCN4C)CC3)nc2)c2c(C#N)cnn2c1. The summed E-state index contributed by atoms with van der Waals surface area (Å²) in [6, 6.07) is 18.7. The van der Waals surface area contributed by atoms with E-state index in [1.165, 1.54) is 5.56 Å². The lowest BCUT2D eigenvalue weighted by Gasteiger charge is -2.44. The second-order valence-electron chi connectivity index (χ2n) is 11.4. The van der Waals surface area contributed by atoms with Crippen LogP contribution in [0, 0.1) is 11.3 Å². The van der Waals surface area contributed by atoms with E-state index in [1.807, 2.05) is 44.4 Å². The van der Waals surface area contributed by atoms with E-state index in [9.17, 15) is 10.1 Å². The van der Waals surface area contributed by atoms with Crippen molar-refractivity contribution in [1.82, 2.24) is 24.8 Å². The Hall–Kier alpha value is -4.42. The van der Waals surface area contributed by atoms with Gasteiger partial charge in [-0.2, -0.15) is 10.4 Å². The number of carbonyl (C=O) groups excluding carboxylic acids is 1. The Morgan fingerprint density at radius 3 is 2.62 bits per heavy atom. The minimum absolute atomic E-state index is 0.0464. The van der Waals surface area contributed by atoms with E-state index < -0.39 is 0 Å². The van der Waals surface area contributed by atoms with Crippen LogP contribution in [0.1, 0.15) is 43.7 Å². The molecule has 2 aliphatic heterocycles. The topological polar surface area (TPSA) is 98.8 Å². The lowest BCUT2D eigenvalue weighted by Crippen LogP contribution is -2.59. The van der Waals surface area contributed by atoms with Crippen LogP contribution in [0.15, 0.2) is 67.1 Å². The zero-order valence-corrected chi connectivity index (χ0v) is 24.3. The van der Waals surface area contributed by atoms with Gasteiger partial charge in [-0.1, -0.05) is 30.3 Å². The zero-order valence-electron chi connectivity index (χ0n) is 24.3. The number of amides is 1. The molecule has 6 rings (SSSR count). The van der Waals surface area contributed by atoms with Gasteiger partial charge in [0.15, 0.2) is 0 Å². The van der Waals surface area contributed by atoms with E-state index in [1.54, 1.807) is 16.9 Å². The van der Waals surface area contributed by atoms with Crippen LogP contribution in [0.25, 0.3) is 16.6 Å². The van der Waals surface area contributed by atoms with Gasteiger partial charge in [0, 0.05) is 36.0 Å². The number of nitrogens with zero attached hydrogens (tertiary/aromatic N) is 6. The number of ether oxygens (including phenoxy) is 1. The Bertz CT molecular complexity index is 1580. The number of carbonyl (C=O) groups is 1. The van der Waals surface area contributed by atoms with Gasteiger partial charge < -0.3 is 15.0 Å². The molecule has 2 aliphatic rings. The molecule has 42 heavy (non-hydrogen) atoms. The Balaban J connectivity index is 1.22. The molecule has 5 heterocycles. The fourth-order valence-corrected chi connectivity index (χ4v) is 6.46. The maximum atomic E-state index is 13.4. The quantitative estimate of drug-likeness (QED) is 0.338. The van der Waals surface area contributed by atoms with Crippen LogP contribution in [0.2, 0.25) is 0 Å². The van der Waals surface area contributed by atoms with Crippen molar-refractivity contribution in [2.45, 2.75) is 50.6 Å². The number of hydrogen-bond donors (Lipinski definition) is 1. The molecule has 0 saturated carbocycles. The molecule has 1 amide bonds. The standard InChI is InChI=1S/C33H37N7O2/c1-3-42-27-18-28(31-26(20-34)22-36-40(31)23-27)25-11-12-30(35-21-25)39-16-13-33(14-17-39,19-24-8-5-4-6-9-24)37-32(41)29-10-7-15-38(29)2/h4-6,8-9,11-12,18,21-23,29H,3,7,10,13-17,19H2,1-2H3,(H,37,41). The minimum Gasteiger partial charge on any atom is -0.492 e. The summed E-state index contributed by atoms with van der Waals surface area (Å²) in [7, 11) is 2.05. The van der Waals surface area contributed by atoms with Crippen molar-refractivity contribution in [3.8, 4) is 22.9 Å². The number of likely N-dealkylation sites (tertiary alicyclic amines) is 1. The van der Waals surface area contributed by atoms with Crippen molar-refractivity contribution < 1.29 is 9.53 Å². The second-order valence-corrected chi connectivity index (χ2v) is 11.4. The molecule has 9 nitrogen and oxygen atoms in total. The molecule has 0 aliphatic carbocycles. The van der Waals surface area contributed by atoms with Gasteiger partial charge in [0.25, 0.3) is 0 Å². The number of nitriles is 1. The van der Waals surface area contributed by atoms with Gasteiger partial charge in [-0.3, -0.25) is 9.69 Å². The lowest BCUT2D eigenvalue weighted by atomic mass is 9.81. The van der Waals surface area contributed by atoms with E-state index in [0.717, 1.165) is 74.2 Å². The molecular weight excluding hydrogens is 526 g/mol. The van der Waals surface area contributed by atoms with Gasteiger partial charge in [-0.25, -0.2) is 9.50 Å². The molecular formula is C33H37N7O2. The molecule has 1 unspecified atom stereocenters. The number of benzene rings is 1. The van der Waals surface area contributed by atoms with Gasteiger partial charge in [0.2, 0.25) is 5.91 Å². The van der Waals surface area contributed by atoms with Crippen LogP contribution in [-0.4, -0.2) is 70.3 Å². The van der Waals surface area contributed by atoms with E-state index >= 15 is 0 Å². The van der Waals surface area contributed by atoms with Crippen molar-refractivity contribution in [2.75, 3.05) is 38.2 Å². The number of pyridine rings is 2. The van der Waals surface area contributed by atoms with E-state index in [0.29, 0.717) is 17.9 Å². The van der Waals surface area contributed by atoms with Crippen molar-refractivity contribution in [1.29, 1.82) is 5.26 Å². The maximum Gasteiger partial charge on any atom is 0.237 e. The summed E-state index contributed by atoms with van der Waals surface area (Å²) >= 11 is 0. The zero-order chi connectivity index (χ0) is 29.1.